The topological polar surface area (TPSA) is 206 Å². The molecule has 0 aliphatic heterocycles. The number of ether oxygens (including phenoxy) is 3. The normalized spacial score (nSPS) is 11.5. The van der Waals surface area contributed by atoms with Crippen LogP contribution in [-0.2, 0) is 38.2 Å². The van der Waals surface area contributed by atoms with E-state index in [0.29, 0.717) is 5.56 Å². The molecule has 2 N–H and O–H groups in total. The van der Waals surface area contributed by atoms with Crippen LogP contribution in [0.15, 0.2) is 53.6 Å². The Balaban J connectivity index is 2.58. The lowest BCUT2D eigenvalue weighted by Crippen LogP contribution is -2.50. The minimum atomic E-state index is -1.47. The molecule has 0 bridgehead atoms. The number of carbonyl (C=O) groups is 6. The third-order valence-corrected chi connectivity index (χ3v) is 6.11. The maximum Gasteiger partial charge on any atom is 0.328 e. The molecule has 2 aromatic carbocycles. The first-order chi connectivity index (χ1) is 20.5. The van der Waals surface area contributed by atoms with Crippen molar-refractivity contribution in [3.05, 3.63) is 70.1 Å². The Kier molecular flexibility index (Phi) is 13.2. The van der Waals surface area contributed by atoms with E-state index in [4.69, 9.17) is 15.0 Å². The zero-order valence-electron chi connectivity index (χ0n) is 24.1. The Morgan fingerprint density at radius 2 is 1.63 bits per heavy atom. The van der Waals surface area contributed by atoms with Gasteiger partial charge in [-0.3, -0.25) is 24.0 Å². The van der Waals surface area contributed by atoms with Gasteiger partial charge in [0.05, 0.1) is 45.0 Å². The zero-order valence-corrected chi connectivity index (χ0v) is 24.1. The summed E-state index contributed by atoms with van der Waals surface area (Å²) in [5.74, 6) is -4.41. The fraction of sp³-hybridized carbons (Fsp3) is 0.357. The maximum atomic E-state index is 14.0. The summed E-state index contributed by atoms with van der Waals surface area (Å²) >= 11 is 0. The molecule has 0 aliphatic rings. The summed E-state index contributed by atoms with van der Waals surface area (Å²) in [6.45, 7) is 0.501. The monoisotopic (exact) mass is 596 g/mol. The van der Waals surface area contributed by atoms with Crippen LogP contribution in [0.4, 0.5) is 11.4 Å². The van der Waals surface area contributed by atoms with Crippen molar-refractivity contribution in [1.82, 2.24) is 10.2 Å². The van der Waals surface area contributed by atoms with Crippen LogP contribution in [0.1, 0.15) is 48.1 Å². The minimum absolute atomic E-state index is 0.156. The van der Waals surface area contributed by atoms with Crippen LogP contribution >= 0.6 is 0 Å². The van der Waals surface area contributed by atoms with Gasteiger partial charge in [0.25, 0.3) is 5.91 Å². The Hall–Kier alpha value is -5.43. The molecule has 15 heteroatoms. The number of methoxy groups -OCH3 is 3. The van der Waals surface area contributed by atoms with Gasteiger partial charge in [0.1, 0.15) is 12.6 Å². The van der Waals surface area contributed by atoms with Gasteiger partial charge in [0.2, 0.25) is 11.8 Å². The van der Waals surface area contributed by atoms with Gasteiger partial charge < -0.3 is 29.7 Å². The van der Waals surface area contributed by atoms with E-state index in [2.05, 4.69) is 25.4 Å². The van der Waals surface area contributed by atoms with Gasteiger partial charge in [-0.15, -0.1) is 0 Å². The van der Waals surface area contributed by atoms with Crippen LogP contribution in [0, 0.1) is 0 Å². The van der Waals surface area contributed by atoms with Gasteiger partial charge in [-0.1, -0.05) is 35.4 Å². The van der Waals surface area contributed by atoms with Crippen molar-refractivity contribution < 1.29 is 43.0 Å². The molecule has 0 aromatic heterocycles. The van der Waals surface area contributed by atoms with E-state index in [1.54, 1.807) is 30.3 Å². The molecule has 2 aromatic rings. The van der Waals surface area contributed by atoms with E-state index in [0.717, 1.165) is 19.1 Å². The number of esters is 3. The number of rotatable bonds is 14. The third kappa shape index (κ3) is 10.2. The first-order valence-corrected chi connectivity index (χ1v) is 12.9. The van der Waals surface area contributed by atoms with Crippen LogP contribution in [0.2, 0.25) is 0 Å². The molecule has 0 radical (unpaired) electrons. The summed E-state index contributed by atoms with van der Waals surface area (Å²) in [6.07, 6.45) is -0.834. The van der Waals surface area contributed by atoms with Gasteiger partial charge in [0, 0.05) is 23.9 Å². The molecule has 2 rings (SSSR count). The van der Waals surface area contributed by atoms with Gasteiger partial charge in [-0.2, -0.15) is 0 Å². The highest BCUT2D eigenvalue weighted by molar-refractivity contribution is 6.04. The van der Waals surface area contributed by atoms with Crippen LogP contribution in [0.5, 0.6) is 0 Å². The molecule has 228 valence electrons. The average molecular weight is 597 g/mol. The molecule has 3 amide bonds. The van der Waals surface area contributed by atoms with Crippen LogP contribution in [0.25, 0.3) is 10.4 Å². The van der Waals surface area contributed by atoms with Gasteiger partial charge in [-0.05, 0) is 35.7 Å². The van der Waals surface area contributed by atoms with Crippen molar-refractivity contribution >= 4 is 47.0 Å². The first-order valence-electron chi connectivity index (χ1n) is 12.9. The van der Waals surface area contributed by atoms with Gasteiger partial charge in [0.15, 0.2) is 0 Å². The Bertz CT molecular complexity index is 1390. The summed E-state index contributed by atoms with van der Waals surface area (Å²) in [4.78, 5) is 79.6. The number of nitrogens with one attached hydrogen (secondary N) is 2. The number of amides is 3. The molecule has 0 fully saturated rings. The molecule has 0 saturated heterocycles. The molecule has 0 spiro atoms. The van der Waals surface area contributed by atoms with Crippen molar-refractivity contribution in [2.45, 2.75) is 38.3 Å². The highest BCUT2D eigenvalue weighted by atomic mass is 16.5. The minimum Gasteiger partial charge on any atom is -0.469 e. The van der Waals surface area contributed by atoms with Crippen molar-refractivity contribution in [3.63, 3.8) is 0 Å². The molecule has 0 unspecified atom stereocenters. The Morgan fingerprint density at radius 3 is 2.21 bits per heavy atom. The average Bonchev–Trinajstić information content (AvgIpc) is 3.00. The highest BCUT2D eigenvalue weighted by Gasteiger charge is 2.35. The number of nitrogens with zero attached hydrogens (tertiary/aromatic N) is 4. The van der Waals surface area contributed by atoms with E-state index in [1.807, 2.05) is 0 Å². The molecule has 0 aliphatic carbocycles. The lowest BCUT2D eigenvalue weighted by molar-refractivity contribution is -0.147. The highest BCUT2D eigenvalue weighted by Crippen LogP contribution is 2.27. The molecule has 43 heavy (non-hydrogen) atoms. The number of hydrogen-bond acceptors (Lipinski definition) is 10. The van der Waals surface area contributed by atoms with Crippen molar-refractivity contribution in [3.8, 4) is 0 Å². The summed E-state index contributed by atoms with van der Waals surface area (Å²) in [6, 6.07) is 10.1. The van der Waals surface area contributed by atoms with E-state index in [1.165, 1.54) is 32.2 Å². The molecule has 2 atom stereocenters. The number of hydrogen-bond donors (Lipinski definition) is 2. The number of azide groups is 1. The fourth-order valence-electron chi connectivity index (χ4n) is 4.08. The lowest BCUT2D eigenvalue weighted by atomic mass is 10.0. The molecular weight excluding hydrogens is 564 g/mol. The van der Waals surface area contributed by atoms with Gasteiger partial charge >= 0.3 is 17.9 Å². The van der Waals surface area contributed by atoms with Gasteiger partial charge in [-0.25, -0.2) is 4.79 Å². The SMILES string of the molecule is COC(=O)CC[C@@H](C(=O)OC)N(CC(=O)N[C@H](CC(=O)OC)c1ccccc1)C(=O)c1cc(NC(C)=O)ccc1N=[N+]=[N-]. The van der Waals surface area contributed by atoms with Crippen LogP contribution < -0.4 is 10.6 Å². The van der Waals surface area contributed by atoms with Crippen molar-refractivity contribution in [2.24, 2.45) is 5.11 Å². The van der Waals surface area contributed by atoms with Crippen molar-refractivity contribution in [2.75, 3.05) is 33.2 Å². The van der Waals surface area contributed by atoms with Crippen molar-refractivity contribution in [1.29, 1.82) is 0 Å². The second kappa shape index (κ2) is 16.7. The summed E-state index contributed by atoms with van der Waals surface area (Å²) in [5.41, 5.74) is 9.40. The molecule has 15 nitrogen and oxygen atoms in total. The summed E-state index contributed by atoms with van der Waals surface area (Å²) in [7, 11) is 3.42. The Morgan fingerprint density at radius 1 is 0.953 bits per heavy atom. The predicted octanol–water partition coefficient (Wildman–Crippen LogP) is 2.94. The van der Waals surface area contributed by atoms with E-state index in [9.17, 15) is 28.8 Å². The second-order valence-electron chi connectivity index (χ2n) is 9.00. The van der Waals surface area contributed by atoms with E-state index < -0.39 is 54.3 Å². The van der Waals surface area contributed by atoms with E-state index in [-0.39, 0.29) is 36.2 Å². The largest absolute Gasteiger partial charge is 0.469 e. The summed E-state index contributed by atoms with van der Waals surface area (Å²) in [5, 5.41) is 8.72. The third-order valence-electron chi connectivity index (χ3n) is 6.11. The van der Waals surface area contributed by atoms with Crippen LogP contribution in [-0.4, -0.2) is 74.4 Å². The summed E-state index contributed by atoms with van der Waals surface area (Å²) < 4.78 is 14.3. The molecule has 0 saturated carbocycles. The second-order valence-corrected chi connectivity index (χ2v) is 9.00. The Labute approximate surface area is 247 Å². The molecular formula is C28H32N6O9. The maximum absolute atomic E-state index is 14.0. The smallest absolute Gasteiger partial charge is 0.328 e. The fourth-order valence-corrected chi connectivity index (χ4v) is 4.08. The van der Waals surface area contributed by atoms with E-state index >= 15 is 0 Å². The lowest BCUT2D eigenvalue weighted by Gasteiger charge is -2.30. The van der Waals surface area contributed by atoms with Crippen LogP contribution in [0.3, 0.4) is 0 Å². The number of benzene rings is 2. The molecule has 0 heterocycles. The number of anilines is 1. The zero-order chi connectivity index (χ0) is 31.9. The standard InChI is InChI=1S/C28H32N6O9/c1-17(35)30-19-10-11-21(32-33-29)20(14-19)27(39)34(23(28(40)43-4)12-13-25(37)41-2)16-24(36)31-22(15-26(38)42-3)18-8-6-5-7-9-18/h5-11,14,22-23H,12-13,15-16H2,1-4H3,(H,30,35)(H,31,36)/t22-,23+/m1/s1. The quantitative estimate of drug-likeness (QED) is 0.108. The predicted molar refractivity (Wildman–Crippen MR) is 152 cm³/mol. The first kappa shape index (κ1) is 33.8. The number of carbonyl (C=O) groups excluding carboxylic acids is 6.